The second-order valence-corrected chi connectivity index (χ2v) is 9.50. The number of nitrogens with one attached hydrogen (secondary N) is 3. The summed E-state index contributed by atoms with van der Waals surface area (Å²) < 4.78 is 43.4. The van der Waals surface area contributed by atoms with Crippen molar-refractivity contribution in [1.82, 2.24) is 20.3 Å². The number of aryl methyl sites for hydroxylation is 1. The summed E-state index contributed by atoms with van der Waals surface area (Å²) >= 11 is 12.2. The quantitative estimate of drug-likeness (QED) is 0.356. The molecule has 0 aliphatic carbocycles. The normalized spacial score (nSPS) is 11.5. The Hall–Kier alpha value is -3.21. The maximum atomic E-state index is 15.1. The molecule has 2 heterocycles. The molecule has 12 heteroatoms. The summed E-state index contributed by atoms with van der Waals surface area (Å²) in [5.41, 5.74) is 1.21. The minimum Gasteiger partial charge on any atom is -0.358 e. The van der Waals surface area contributed by atoms with E-state index in [2.05, 4.69) is 25.0 Å². The number of rotatable bonds is 6. The zero-order chi connectivity index (χ0) is 23.8. The van der Waals surface area contributed by atoms with E-state index in [9.17, 15) is 13.2 Å². The first-order valence-electron chi connectivity index (χ1n) is 9.49. The molecule has 0 atom stereocenters. The number of fused-ring (bicyclic) bond motifs is 1. The average Bonchev–Trinajstić information content (AvgIpc) is 3.18. The summed E-state index contributed by atoms with van der Waals surface area (Å²) in [6.07, 6.45) is 4.47. The lowest BCUT2D eigenvalue weighted by Gasteiger charge is -2.12. The van der Waals surface area contributed by atoms with Crippen LogP contribution < -0.4 is 10.0 Å². The number of carbonyl (C=O) groups excluding carboxylic acids is 1. The fraction of sp³-hybridized carbons (Fsp3) is 0.0952. The zero-order valence-corrected chi connectivity index (χ0v) is 19.3. The first-order valence-corrected chi connectivity index (χ1v) is 11.7. The molecule has 0 aliphatic heterocycles. The zero-order valence-electron chi connectivity index (χ0n) is 17.0. The van der Waals surface area contributed by atoms with Crippen molar-refractivity contribution in [3.8, 4) is 0 Å². The second-order valence-electron chi connectivity index (χ2n) is 7.04. The standard InChI is InChI=1S/C21H16Cl2FN5O3S/c1-11-7-26-12(8-25-11)9-28-21(30)13-3-2-4-17(19(13)24)33(31,32)29-16-6-5-14(22)18-15(23)10-27-20(16)18/h2-8,10,27,29H,9H2,1H3,(H,28,30). The summed E-state index contributed by atoms with van der Waals surface area (Å²) in [5.74, 6) is -1.98. The first kappa shape index (κ1) is 23.0. The minimum atomic E-state index is -4.40. The number of hydrogen-bond acceptors (Lipinski definition) is 5. The van der Waals surface area contributed by atoms with E-state index in [1.54, 1.807) is 6.92 Å². The molecule has 4 aromatic rings. The largest absolute Gasteiger partial charge is 0.358 e. The van der Waals surface area contributed by atoms with E-state index >= 15 is 4.39 Å². The van der Waals surface area contributed by atoms with Gasteiger partial charge in [-0.2, -0.15) is 0 Å². The topological polar surface area (TPSA) is 117 Å². The Morgan fingerprint density at radius 3 is 2.64 bits per heavy atom. The van der Waals surface area contributed by atoms with E-state index in [0.717, 1.165) is 6.07 Å². The minimum absolute atomic E-state index is 0.00286. The summed E-state index contributed by atoms with van der Waals surface area (Å²) in [5, 5.41) is 3.55. The smallest absolute Gasteiger partial charge is 0.264 e. The van der Waals surface area contributed by atoms with Crippen LogP contribution in [0.4, 0.5) is 10.1 Å². The van der Waals surface area contributed by atoms with Gasteiger partial charge in [-0.05, 0) is 31.2 Å². The van der Waals surface area contributed by atoms with Crippen LogP contribution in [0.5, 0.6) is 0 Å². The van der Waals surface area contributed by atoms with Crippen molar-refractivity contribution >= 4 is 55.7 Å². The highest BCUT2D eigenvalue weighted by molar-refractivity contribution is 7.92. The third-order valence-electron chi connectivity index (χ3n) is 4.74. The Balaban J connectivity index is 1.60. The third-order valence-corrected chi connectivity index (χ3v) is 6.74. The van der Waals surface area contributed by atoms with E-state index < -0.39 is 32.2 Å². The van der Waals surface area contributed by atoms with Crippen LogP contribution in [0.15, 0.2) is 53.8 Å². The molecule has 3 N–H and O–H groups in total. The van der Waals surface area contributed by atoms with Gasteiger partial charge in [0.2, 0.25) is 0 Å². The molecule has 1 amide bonds. The molecule has 0 bridgehead atoms. The first-order chi connectivity index (χ1) is 15.7. The molecule has 0 radical (unpaired) electrons. The van der Waals surface area contributed by atoms with Crippen LogP contribution in [0.25, 0.3) is 10.9 Å². The molecule has 8 nitrogen and oxygen atoms in total. The van der Waals surface area contributed by atoms with E-state index in [0.29, 0.717) is 32.3 Å². The van der Waals surface area contributed by atoms with Crippen molar-refractivity contribution in [2.24, 2.45) is 0 Å². The summed E-state index contributed by atoms with van der Waals surface area (Å²) in [6, 6.07) is 6.42. The van der Waals surface area contributed by atoms with Crippen molar-refractivity contribution in [3.63, 3.8) is 0 Å². The van der Waals surface area contributed by atoms with Crippen LogP contribution >= 0.6 is 23.2 Å². The highest BCUT2D eigenvalue weighted by atomic mass is 35.5. The number of amides is 1. The average molecular weight is 508 g/mol. The summed E-state index contributed by atoms with van der Waals surface area (Å²) in [4.78, 5) is 22.8. The molecular formula is C21H16Cl2FN5O3S. The molecule has 0 spiro atoms. The Kier molecular flexibility index (Phi) is 6.24. The van der Waals surface area contributed by atoms with Crippen LogP contribution in [0.1, 0.15) is 21.7 Å². The number of nitrogens with zero attached hydrogens (tertiary/aromatic N) is 2. The van der Waals surface area contributed by atoms with Gasteiger partial charge in [-0.15, -0.1) is 0 Å². The van der Waals surface area contributed by atoms with Gasteiger partial charge < -0.3 is 10.3 Å². The lowest BCUT2D eigenvalue weighted by atomic mass is 10.2. The van der Waals surface area contributed by atoms with Crippen LogP contribution in [0, 0.1) is 12.7 Å². The van der Waals surface area contributed by atoms with Gasteiger partial charge in [0.15, 0.2) is 5.82 Å². The molecular weight excluding hydrogens is 492 g/mol. The number of benzene rings is 2. The molecule has 33 heavy (non-hydrogen) atoms. The number of H-pyrrole nitrogens is 1. The number of hydrogen-bond donors (Lipinski definition) is 3. The van der Waals surface area contributed by atoms with Crippen molar-refractivity contribution < 1.29 is 17.6 Å². The Bertz CT molecular complexity index is 1470. The maximum Gasteiger partial charge on any atom is 0.264 e. The number of sulfonamides is 1. The molecule has 170 valence electrons. The molecule has 0 fully saturated rings. The van der Waals surface area contributed by atoms with Crippen LogP contribution in [0.3, 0.4) is 0 Å². The van der Waals surface area contributed by atoms with Gasteiger partial charge in [-0.25, -0.2) is 12.8 Å². The Labute approximate surface area is 198 Å². The van der Waals surface area contributed by atoms with E-state index in [4.69, 9.17) is 23.2 Å². The second kappa shape index (κ2) is 8.97. The van der Waals surface area contributed by atoms with Gasteiger partial charge >= 0.3 is 0 Å². The van der Waals surface area contributed by atoms with Gasteiger partial charge in [0.05, 0.1) is 50.9 Å². The van der Waals surface area contributed by atoms with Crippen LogP contribution in [-0.4, -0.2) is 29.3 Å². The molecule has 0 saturated carbocycles. The van der Waals surface area contributed by atoms with E-state index in [1.165, 1.54) is 42.9 Å². The van der Waals surface area contributed by atoms with Gasteiger partial charge in [-0.3, -0.25) is 19.5 Å². The molecule has 2 aromatic heterocycles. The van der Waals surface area contributed by atoms with Crippen molar-refractivity contribution in [3.05, 3.63) is 81.7 Å². The van der Waals surface area contributed by atoms with Crippen LogP contribution in [0.2, 0.25) is 10.0 Å². The highest BCUT2D eigenvalue weighted by Gasteiger charge is 2.25. The third kappa shape index (κ3) is 4.63. The predicted octanol–water partition coefficient (Wildman–Crippen LogP) is 4.44. The van der Waals surface area contributed by atoms with E-state index in [1.807, 2.05) is 0 Å². The molecule has 0 saturated heterocycles. The maximum absolute atomic E-state index is 15.1. The van der Waals surface area contributed by atoms with Crippen molar-refractivity contribution in [2.45, 2.75) is 18.4 Å². The van der Waals surface area contributed by atoms with E-state index in [-0.39, 0.29) is 12.2 Å². The van der Waals surface area contributed by atoms with Gasteiger partial charge in [0, 0.05) is 17.8 Å². The fourth-order valence-electron chi connectivity index (χ4n) is 3.12. The van der Waals surface area contributed by atoms with Gasteiger partial charge in [0.25, 0.3) is 15.9 Å². The Morgan fingerprint density at radius 2 is 1.91 bits per heavy atom. The van der Waals surface area contributed by atoms with Gasteiger partial charge in [0.1, 0.15) is 4.90 Å². The van der Waals surface area contributed by atoms with Crippen molar-refractivity contribution in [1.29, 1.82) is 0 Å². The predicted molar refractivity (Wildman–Crippen MR) is 123 cm³/mol. The van der Waals surface area contributed by atoms with Crippen LogP contribution in [-0.2, 0) is 16.6 Å². The molecule has 0 unspecified atom stereocenters. The SMILES string of the molecule is Cc1cnc(CNC(=O)c2cccc(S(=O)(=O)Nc3ccc(Cl)c4c(Cl)c[nH]c34)c2F)cn1. The number of aromatic amines is 1. The summed E-state index contributed by atoms with van der Waals surface area (Å²) in [7, 11) is -4.40. The summed E-state index contributed by atoms with van der Waals surface area (Å²) in [6.45, 7) is 1.77. The van der Waals surface area contributed by atoms with Gasteiger partial charge in [-0.1, -0.05) is 29.3 Å². The highest BCUT2D eigenvalue weighted by Crippen LogP contribution is 2.35. The number of aromatic nitrogens is 3. The lowest BCUT2D eigenvalue weighted by Crippen LogP contribution is -2.25. The molecule has 0 aliphatic rings. The molecule has 4 rings (SSSR count). The number of anilines is 1. The van der Waals surface area contributed by atoms with Crippen molar-refractivity contribution in [2.75, 3.05) is 4.72 Å². The monoisotopic (exact) mass is 507 g/mol. The number of halogens is 3. The lowest BCUT2D eigenvalue weighted by molar-refractivity contribution is 0.0946. The number of carbonyl (C=O) groups is 1. The fourth-order valence-corrected chi connectivity index (χ4v) is 4.86. The molecule has 2 aromatic carbocycles. The Morgan fingerprint density at radius 1 is 1.12 bits per heavy atom.